The van der Waals surface area contributed by atoms with Gasteiger partial charge in [0.1, 0.15) is 17.0 Å². The summed E-state index contributed by atoms with van der Waals surface area (Å²) in [5, 5.41) is 14.6. The van der Waals surface area contributed by atoms with E-state index in [0.29, 0.717) is 16.5 Å². The van der Waals surface area contributed by atoms with Crippen LogP contribution in [-0.2, 0) is 9.53 Å². The first-order chi connectivity index (χ1) is 17.0. The van der Waals surface area contributed by atoms with Gasteiger partial charge in [0.15, 0.2) is 10.8 Å². The monoisotopic (exact) mass is 507 g/mol. The molecule has 0 aliphatic carbocycles. The predicted octanol–water partition coefficient (Wildman–Crippen LogP) is 5.05. The van der Waals surface area contributed by atoms with Crippen molar-refractivity contribution in [2.45, 2.75) is 12.1 Å². The highest BCUT2D eigenvalue weighted by Gasteiger charge is 2.18. The Hall–Kier alpha value is -3.83. The third-order valence-corrected chi connectivity index (χ3v) is 6.96. The normalized spacial score (nSPS) is 11.1. The number of esters is 1. The number of carbonyl (C=O) groups is 2. The molecular weight excluding hydrogens is 489 g/mol. The average Bonchev–Trinajstić information content (AvgIpc) is 3.48. The van der Waals surface area contributed by atoms with Gasteiger partial charge in [-0.1, -0.05) is 36.0 Å². The summed E-state index contributed by atoms with van der Waals surface area (Å²) < 4.78 is 20.2. The van der Waals surface area contributed by atoms with Gasteiger partial charge in [0.2, 0.25) is 5.91 Å². The Morgan fingerprint density at radius 1 is 1.14 bits per heavy atom. The summed E-state index contributed by atoms with van der Waals surface area (Å²) >= 11 is 2.67. The van der Waals surface area contributed by atoms with Crippen molar-refractivity contribution in [1.29, 1.82) is 0 Å². The van der Waals surface area contributed by atoms with Gasteiger partial charge >= 0.3 is 5.97 Å². The maximum Gasteiger partial charge on any atom is 0.340 e. The second-order valence-electron chi connectivity index (χ2n) is 7.36. The Labute approximate surface area is 207 Å². The Morgan fingerprint density at radius 3 is 2.74 bits per heavy atom. The van der Waals surface area contributed by atoms with Crippen molar-refractivity contribution in [3.05, 3.63) is 71.6 Å². The number of thiophene rings is 1. The average molecular weight is 508 g/mol. The van der Waals surface area contributed by atoms with Crippen LogP contribution in [-0.4, -0.2) is 43.8 Å². The number of ether oxygens (including phenoxy) is 1. The van der Waals surface area contributed by atoms with Crippen LogP contribution in [0.3, 0.4) is 0 Å². The van der Waals surface area contributed by atoms with E-state index in [1.54, 1.807) is 54.0 Å². The molecule has 0 saturated heterocycles. The van der Waals surface area contributed by atoms with Gasteiger partial charge in [-0.25, -0.2) is 14.2 Å². The van der Waals surface area contributed by atoms with E-state index >= 15 is 0 Å². The van der Waals surface area contributed by atoms with Crippen molar-refractivity contribution < 1.29 is 18.7 Å². The zero-order chi connectivity index (χ0) is 24.4. The Morgan fingerprint density at radius 2 is 1.94 bits per heavy atom. The number of amides is 1. The first-order valence-corrected chi connectivity index (χ1v) is 12.5. The van der Waals surface area contributed by atoms with Crippen molar-refractivity contribution in [2.75, 3.05) is 17.7 Å². The number of fused-ring (bicyclic) bond motifs is 3. The number of aromatic nitrogens is 4. The van der Waals surface area contributed by atoms with Crippen molar-refractivity contribution in [2.24, 2.45) is 0 Å². The highest BCUT2D eigenvalue weighted by atomic mass is 32.2. The summed E-state index contributed by atoms with van der Waals surface area (Å²) in [7, 11) is 0. The number of para-hydroxylation sites is 1. The van der Waals surface area contributed by atoms with Gasteiger partial charge in [-0.3, -0.25) is 9.20 Å². The number of hydrogen-bond donors (Lipinski definition) is 1. The second-order valence-corrected chi connectivity index (χ2v) is 9.16. The standard InChI is InChI=1S/C24H18FN5O3S2/c1-2-33-23(32)16-5-3-4-6-18(16)27-19(31)12-35-24-29-28-21-20-17(14-7-9-15(25)10-8-14)11-34-22(20)26-13-30(21)24/h3-11,13H,2,12H2,1H3,(H,27,31). The SMILES string of the molecule is CCOC(=O)c1ccccc1NC(=O)CSc1nnc2c3c(-c4ccc(F)cc4)csc3ncn12. The van der Waals surface area contributed by atoms with Crippen LogP contribution < -0.4 is 5.32 Å². The molecule has 176 valence electrons. The lowest BCUT2D eigenvalue weighted by Crippen LogP contribution is -2.17. The molecule has 0 radical (unpaired) electrons. The van der Waals surface area contributed by atoms with Crippen molar-refractivity contribution in [3.8, 4) is 11.1 Å². The van der Waals surface area contributed by atoms with E-state index in [0.717, 1.165) is 21.3 Å². The lowest BCUT2D eigenvalue weighted by Gasteiger charge is -2.10. The van der Waals surface area contributed by atoms with Crippen LogP contribution in [0.4, 0.5) is 10.1 Å². The van der Waals surface area contributed by atoms with E-state index in [9.17, 15) is 14.0 Å². The van der Waals surface area contributed by atoms with Crippen LogP contribution in [0.1, 0.15) is 17.3 Å². The minimum Gasteiger partial charge on any atom is -0.462 e. The largest absolute Gasteiger partial charge is 0.462 e. The molecule has 0 atom stereocenters. The molecule has 5 aromatic rings. The second kappa shape index (κ2) is 9.80. The van der Waals surface area contributed by atoms with Crippen molar-refractivity contribution in [3.63, 3.8) is 0 Å². The summed E-state index contributed by atoms with van der Waals surface area (Å²) in [6, 6.07) is 12.9. The van der Waals surface area contributed by atoms with Crippen LogP contribution in [0.25, 0.3) is 27.0 Å². The number of anilines is 1. The topological polar surface area (TPSA) is 98.5 Å². The summed E-state index contributed by atoms with van der Waals surface area (Å²) in [4.78, 5) is 30.1. The van der Waals surface area contributed by atoms with Gasteiger partial charge in [0.05, 0.1) is 29.0 Å². The maximum absolute atomic E-state index is 13.4. The molecule has 0 bridgehead atoms. The van der Waals surface area contributed by atoms with Gasteiger partial charge in [-0.15, -0.1) is 21.5 Å². The van der Waals surface area contributed by atoms with Crippen LogP contribution in [0.15, 0.2) is 65.4 Å². The van der Waals surface area contributed by atoms with Crippen molar-refractivity contribution >= 4 is 56.5 Å². The van der Waals surface area contributed by atoms with Gasteiger partial charge in [-0.2, -0.15) is 0 Å². The summed E-state index contributed by atoms with van der Waals surface area (Å²) in [6.07, 6.45) is 1.62. The van der Waals surface area contributed by atoms with Crippen LogP contribution in [0, 0.1) is 5.82 Å². The van der Waals surface area contributed by atoms with E-state index in [1.165, 1.54) is 35.2 Å². The van der Waals surface area contributed by atoms with Crippen LogP contribution in [0.2, 0.25) is 0 Å². The molecule has 0 spiro atoms. The molecule has 5 rings (SSSR count). The molecule has 2 aromatic carbocycles. The first kappa shape index (κ1) is 22.9. The zero-order valence-electron chi connectivity index (χ0n) is 18.4. The van der Waals surface area contributed by atoms with Gasteiger partial charge in [-0.05, 0) is 36.8 Å². The molecule has 0 unspecified atom stereocenters. The quantitative estimate of drug-likeness (QED) is 0.243. The number of nitrogens with one attached hydrogen (secondary N) is 1. The van der Waals surface area contributed by atoms with E-state index in [1.807, 2.05) is 5.38 Å². The van der Waals surface area contributed by atoms with E-state index in [-0.39, 0.29) is 29.6 Å². The smallest absolute Gasteiger partial charge is 0.340 e. The number of carbonyl (C=O) groups excluding carboxylic acids is 2. The number of thioether (sulfide) groups is 1. The van der Waals surface area contributed by atoms with E-state index < -0.39 is 5.97 Å². The molecule has 0 saturated carbocycles. The lowest BCUT2D eigenvalue weighted by atomic mass is 10.1. The molecule has 3 aromatic heterocycles. The molecule has 0 aliphatic rings. The maximum atomic E-state index is 13.4. The Bertz CT molecular complexity index is 1550. The molecule has 3 heterocycles. The summed E-state index contributed by atoms with van der Waals surface area (Å²) in [6.45, 7) is 1.96. The third-order valence-electron chi connectivity index (χ3n) is 5.13. The molecule has 11 heteroatoms. The van der Waals surface area contributed by atoms with Gasteiger partial charge in [0.25, 0.3) is 0 Å². The van der Waals surface area contributed by atoms with E-state index in [2.05, 4.69) is 20.5 Å². The third kappa shape index (κ3) is 4.60. The fourth-order valence-corrected chi connectivity index (χ4v) is 5.17. The number of rotatable bonds is 7. The minimum atomic E-state index is -0.498. The minimum absolute atomic E-state index is 0.0461. The fourth-order valence-electron chi connectivity index (χ4n) is 3.56. The van der Waals surface area contributed by atoms with Crippen LogP contribution >= 0.6 is 23.1 Å². The van der Waals surface area contributed by atoms with E-state index in [4.69, 9.17) is 4.74 Å². The molecule has 0 aliphatic heterocycles. The Kier molecular flexibility index (Phi) is 6.43. The number of hydrogen-bond acceptors (Lipinski definition) is 8. The van der Waals surface area contributed by atoms with Gasteiger partial charge in [0, 0.05) is 10.9 Å². The highest BCUT2D eigenvalue weighted by Crippen LogP contribution is 2.35. The molecule has 35 heavy (non-hydrogen) atoms. The molecule has 1 amide bonds. The summed E-state index contributed by atoms with van der Waals surface area (Å²) in [5.74, 6) is -1.06. The number of halogens is 1. The zero-order valence-corrected chi connectivity index (χ0v) is 20.0. The first-order valence-electron chi connectivity index (χ1n) is 10.6. The Balaban J connectivity index is 1.37. The molecular formula is C24H18FN5O3S2. The predicted molar refractivity (Wildman–Crippen MR) is 133 cm³/mol. The highest BCUT2D eigenvalue weighted by molar-refractivity contribution is 7.99. The molecule has 0 fully saturated rings. The number of nitrogens with zero attached hydrogens (tertiary/aromatic N) is 4. The van der Waals surface area contributed by atoms with Gasteiger partial charge < -0.3 is 10.1 Å². The number of benzene rings is 2. The fraction of sp³-hybridized carbons (Fsp3) is 0.125. The summed E-state index contributed by atoms with van der Waals surface area (Å²) in [5.41, 5.74) is 3.02. The molecule has 1 N–H and O–H groups in total. The molecule has 8 nitrogen and oxygen atoms in total. The van der Waals surface area contributed by atoms with Crippen LogP contribution in [0.5, 0.6) is 0 Å². The van der Waals surface area contributed by atoms with Crippen molar-refractivity contribution in [1.82, 2.24) is 19.6 Å². The lowest BCUT2D eigenvalue weighted by molar-refractivity contribution is -0.113.